The van der Waals surface area contributed by atoms with Crippen LogP contribution in [0.1, 0.15) is 136 Å². The fourth-order valence-electron chi connectivity index (χ4n) is 5.36. The highest BCUT2D eigenvalue weighted by molar-refractivity contribution is 6.34. The Kier molecular flexibility index (Phi) is 32.0. The number of rotatable bonds is 35. The number of hydrogen-bond acceptors (Lipinski definition) is 9. The smallest absolute Gasteiger partial charge is 0.242 e. The fraction of sp³-hybridized carbons (Fsp3) is 0.784. The van der Waals surface area contributed by atoms with Crippen molar-refractivity contribution in [1.82, 2.24) is 41.9 Å². The van der Waals surface area contributed by atoms with Crippen LogP contribution in [-0.4, -0.2) is 121 Å². The third kappa shape index (κ3) is 31.3. The Morgan fingerprint density at radius 2 is 0.946 bits per heavy atom. The minimum atomic E-state index is -0.725. The molecule has 7 N–H and O–H groups in total. The number of carbonyl (C=O) groups is 8. The second-order valence-corrected chi connectivity index (χ2v) is 14.2. The van der Waals surface area contributed by atoms with Gasteiger partial charge in [0.25, 0.3) is 0 Å². The molecule has 0 bridgehead atoms. The lowest BCUT2D eigenvalue weighted by Gasteiger charge is -2.19. The third-order valence-electron chi connectivity index (χ3n) is 8.81. The Hall–Kier alpha value is -3.89. The summed E-state index contributed by atoms with van der Waals surface area (Å²) in [6, 6.07) is -0.725. The second kappa shape index (κ2) is 34.4. The van der Waals surface area contributed by atoms with Gasteiger partial charge in [0.1, 0.15) is 11.8 Å². The Labute approximate surface area is 337 Å². The van der Waals surface area contributed by atoms with Crippen molar-refractivity contribution < 1.29 is 38.4 Å². The maximum absolute atomic E-state index is 13.0. The topological polar surface area (TPSA) is 224 Å². The first-order chi connectivity index (χ1) is 26.8. The lowest BCUT2D eigenvalue weighted by molar-refractivity contribution is -0.129. The minimum absolute atomic E-state index is 0.00400. The van der Waals surface area contributed by atoms with Crippen LogP contribution in [0.2, 0.25) is 0 Å². The molecule has 0 aromatic heterocycles. The van der Waals surface area contributed by atoms with Crippen molar-refractivity contribution in [2.24, 2.45) is 5.92 Å². The second-order valence-electron chi connectivity index (χ2n) is 14.2. The van der Waals surface area contributed by atoms with Gasteiger partial charge < -0.3 is 36.5 Å². The molecule has 0 aliphatic carbocycles. The molecule has 1 atom stereocenters. The summed E-state index contributed by atoms with van der Waals surface area (Å²) in [5.41, 5.74) is 0. The van der Waals surface area contributed by atoms with Crippen molar-refractivity contribution in [3.8, 4) is 0 Å². The van der Waals surface area contributed by atoms with E-state index < -0.39 is 6.04 Å². The molecule has 0 aromatic rings. The zero-order valence-corrected chi connectivity index (χ0v) is 33.8. The average molecular weight is 782 g/mol. The van der Waals surface area contributed by atoms with Crippen LogP contribution in [0.25, 0.3) is 0 Å². The summed E-state index contributed by atoms with van der Waals surface area (Å²) in [7, 11) is 15.4. The summed E-state index contributed by atoms with van der Waals surface area (Å²) in [4.78, 5) is 96.1. The zero-order valence-electron chi connectivity index (χ0n) is 33.8. The highest BCUT2D eigenvalue weighted by Gasteiger charge is 2.20. The van der Waals surface area contributed by atoms with E-state index in [1.165, 1.54) is 0 Å². The van der Waals surface area contributed by atoms with Gasteiger partial charge in [0.05, 0.1) is 13.1 Å². The quantitative estimate of drug-likeness (QED) is 0.0348. The lowest BCUT2D eigenvalue weighted by Crippen LogP contribution is -2.47. The van der Waals surface area contributed by atoms with Crippen LogP contribution < -0.4 is 37.1 Å². The molecule has 0 fully saturated rings. The molecule has 0 spiro atoms. The molecule has 0 aliphatic heterocycles. The fourth-order valence-corrected chi connectivity index (χ4v) is 5.36. The van der Waals surface area contributed by atoms with Gasteiger partial charge in [-0.25, -0.2) is 0 Å². The maximum Gasteiger partial charge on any atom is 0.242 e. The summed E-state index contributed by atoms with van der Waals surface area (Å²) in [6.07, 6.45) is 10.6. The average Bonchev–Trinajstić information content (AvgIpc) is 3.16. The Balaban J connectivity index is 4.19. The largest absolute Gasteiger partial charge is 0.449 e. The van der Waals surface area contributed by atoms with Gasteiger partial charge in [0.15, 0.2) is 5.91 Å². The molecule has 0 aliphatic rings. The number of amides is 7. The molecule has 56 heavy (non-hydrogen) atoms. The Morgan fingerprint density at radius 3 is 1.48 bits per heavy atom. The van der Waals surface area contributed by atoms with Crippen molar-refractivity contribution in [3.05, 3.63) is 0 Å². The Morgan fingerprint density at radius 1 is 0.500 bits per heavy atom. The number of Topliss-reactive ketones (excluding diaryl/α,β-unsaturated/α-hetero) is 1. The molecular weight excluding hydrogens is 717 g/mol. The van der Waals surface area contributed by atoms with Crippen LogP contribution in [-0.2, 0) is 38.4 Å². The van der Waals surface area contributed by atoms with Crippen LogP contribution in [0.15, 0.2) is 0 Å². The van der Waals surface area contributed by atoms with E-state index in [1.54, 1.807) is 0 Å². The van der Waals surface area contributed by atoms with E-state index in [2.05, 4.69) is 37.1 Å². The summed E-state index contributed by atoms with van der Waals surface area (Å²) in [5.74, 6) is -1.50. The summed E-state index contributed by atoms with van der Waals surface area (Å²) >= 11 is 0. The highest BCUT2D eigenvalue weighted by atomic mass is 16.2. The summed E-state index contributed by atoms with van der Waals surface area (Å²) < 4.78 is 0.568. The van der Waals surface area contributed by atoms with E-state index >= 15 is 0 Å². The SMILES string of the molecule is [B]NC(=O)CCCCC(=O)NC(CCCCNC(=O)CCCCCNC(=O)CNCC(=O)NCCCCCC(=O)N([B])[B])C(=O)NCCCCCC(=O)C(C)C. The van der Waals surface area contributed by atoms with Crippen molar-refractivity contribution in [3.63, 3.8) is 0 Å². The van der Waals surface area contributed by atoms with Gasteiger partial charge in [-0.3, -0.25) is 43.7 Å². The van der Waals surface area contributed by atoms with Gasteiger partial charge in [-0.1, -0.05) is 33.1 Å². The van der Waals surface area contributed by atoms with Crippen LogP contribution in [0.5, 0.6) is 0 Å². The molecule has 0 rings (SSSR count). The molecule has 7 amide bonds. The predicted molar refractivity (Wildman–Crippen MR) is 217 cm³/mol. The molecule has 0 saturated heterocycles. The summed E-state index contributed by atoms with van der Waals surface area (Å²) in [6.45, 7) is 5.57. The highest BCUT2D eigenvalue weighted by Crippen LogP contribution is 2.08. The van der Waals surface area contributed by atoms with Crippen LogP contribution in [0, 0.1) is 5.92 Å². The van der Waals surface area contributed by atoms with E-state index in [9.17, 15) is 38.4 Å². The van der Waals surface area contributed by atoms with Gasteiger partial charge in [-0.05, 0) is 70.6 Å². The van der Waals surface area contributed by atoms with Gasteiger partial charge in [-0.15, -0.1) is 0 Å². The standard InChI is InChI=1S/C37H65B3N8O8/c1-28(2)30(49)17-6-3-14-25-45-37(56)29(46-32(51)19-9-10-20-33(52)47-38)16-11-15-24-42-31(50)18-7-4-12-22-43-34(53)26-41-27-35(54)44-23-13-5-8-21-36(55)48(39)40/h28-29,41H,3-27H2,1-2H3,(H,42,50)(H,43,53)(H,44,54)(H,45,56)(H,46,51)(H,47,52). The molecular formula is C37H65B3N8O8. The molecule has 19 heteroatoms. The van der Waals surface area contributed by atoms with Crippen LogP contribution in [0.3, 0.4) is 0 Å². The van der Waals surface area contributed by atoms with E-state index in [-0.39, 0.29) is 85.4 Å². The first kappa shape index (κ1) is 52.1. The molecule has 1 unspecified atom stereocenters. The lowest BCUT2D eigenvalue weighted by atomic mass is 10.0. The van der Waals surface area contributed by atoms with Crippen molar-refractivity contribution in [1.29, 1.82) is 0 Å². The van der Waals surface area contributed by atoms with E-state index in [1.807, 2.05) is 13.8 Å². The Bertz CT molecular complexity index is 1200. The third-order valence-corrected chi connectivity index (χ3v) is 8.81. The molecule has 0 aromatic carbocycles. The van der Waals surface area contributed by atoms with Crippen molar-refractivity contribution >= 4 is 71.1 Å². The molecule has 16 nitrogen and oxygen atoms in total. The van der Waals surface area contributed by atoms with Gasteiger partial charge in [-0.2, -0.15) is 0 Å². The van der Waals surface area contributed by atoms with E-state index in [0.717, 1.165) is 32.1 Å². The molecule has 310 valence electrons. The first-order valence-electron chi connectivity index (χ1n) is 20.2. The van der Waals surface area contributed by atoms with Gasteiger partial charge in [0, 0.05) is 64.2 Å². The number of ketones is 1. The normalized spacial score (nSPS) is 11.3. The number of nitrogens with one attached hydrogen (secondary N) is 7. The van der Waals surface area contributed by atoms with Crippen molar-refractivity contribution in [2.75, 3.05) is 39.3 Å². The van der Waals surface area contributed by atoms with E-state index in [4.69, 9.17) is 23.9 Å². The molecule has 0 heterocycles. The van der Waals surface area contributed by atoms with Gasteiger partial charge >= 0.3 is 0 Å². The van der Waals surface area contributed by atoms with Crippen LogP contribution in [0.4, 0.5) is 0 Å². The van der Waals surface area contributed by atoms with Gasteiger partial charge in [0.2, 0.25) is 59.4 Å². The number of unbranched alkanes of at least 4 members (excludes halogenated alkanes) is 8. The van der Waals surface area contributed by atoms with Crippen molar-refractivity contribution in [2.45, 2.75) is 142 Å². The van der Waals surface area contributed by atoms with Crippen LogP contribution >= 0.6 is 0 Å². The number of nitrogens with zero attached hydrogens (tertiary/aromatic N) is 1. The molecule has 6 radical (unpaired) electrons. The number of carbonyl (C=O) groups excluding carboxylic acids is 8. The first-order valence-corrected chi connectivity index (χ1v) is 20.2. The summed E-state index contributed by atoms with van der Waals surface area (Å²) in [5, 5.41) is 19.0. The monoisotopic (exact) mass is 783 g/mol. The van der Waals surface area contributed by atoms with E-state index in [0.29, 0.717) is 102 Å². The minimum Gasteiger partial charge on any atom is -0.449 e. The number of hydrogen-bond donors (Lipinski definition) is 7. The maximum atomic E-state index is 13.0. The zero-order chi connectivity index (χ0) is 42.0. The molecule has 0 saturated carbocycles. The predicted octanol–water partition coefficient (Wildman–Crippen LogP) is 0.358.